The average molecular weight is 193 g/mol. The van der Waals surface area contributed by atoms with Crippen molar-refractivity contribution in [2.45, 2.75) is 70.6 Å². The van der Waals surface area contributed by atoms with Crippen LogP contribution in [0.25, 0.3) is 0 Å². The summed E-state index contributed by atoms with van der Waals surface area (Å²) in [5, 5.41) is 0. The second-order valence-corrected chi connectivity index (χ2v) is 4.48. The van der Waals surface area contributed by atoms with Crippen molar-refractivity contribution in [3.63, 3.8) is 0 Å². The van der Waals surface area contributed by atoms with Crippen molar-refractivity contribution in [2.24, 2.45) is 0 Å². The topological polar surface area (TPSA) is 0 Å². The largest absolute Gasteiger partial charge is 0.0853 e. The molecular weight excluding hydrogens is 168 g/mol. The minimum absolute atomic E-state index is 1.12. The predicted molar refractivity (Wildman–Crippen MR) is 64.2 cm³/mol. The molecule has 0 unspecified atom stereocenters. The Kier molecular flexibility index (Phi) is 6.82. The van der Waals surface area contributed by atoms with E-state index >= 15 is 0 Å². The van der Waals surface area contributed by atoms with Gasteiger partial charge in [0.2, 0.25) is 0 Å². The van der Waals surface area contributed by atoms with E-state index in [-0.39, 0.29) is 0 Å². The molecule has 0 bridgehead atoms. The molecule has 0 aromatic heterocycles. The first-order valence-electron chi connectivity index (χ1n) is 6.40. The van der Waals surface area contributed by atoms with Crippen molar-refractivity contribution in [3.8, 4) is 0 Å². The summed E-state index contributed by atoms with van der Waals surface area (Å²) in [4.78, 5) is 0. The molecule has 0 N–H and O–H groups in total. The van der Waals surface area contributed by atoms with E-state index in [0.29, 0.717) is 0 Å². The standard InChI is InChI=1S/C14H25/c1-2-3-4-5-6-7-8-11-14-12-9-10-13-14/h12H,1-11,13H2. The van der Waals surface area contributed by atoms with Crippen LogP contribution in [-0.2, 0) is 0 Å². The fraction of sp³-hybridized carbons (Fsp3) is 0.786. The molecular formula is C14H25. The summed E-state index contributed by atoms with van der Waals surface area (Å²) in [6, 6.07) is 0. The molecule has 1 aliphatic carbocycles. The fourth-order valence-corrected chi connectivity index (χ4v) is 2.20. The lowest BCUT2D eigenvalue weighted by atomic mass is 10.0. The molecule has 0 fully saturated rings. The molecule has 0 saturated heterocycles. The highest BCUT2D eigenvalue weighted by molar-refractivity contribution is 5.06. The van der Waals surface area contributed by atoms with Crippen LogP contribution in [0.15, 0.2) is 11.6 Å². The first kappa shape index (κ1) is 11.8. The Balaban J connectivity index is 1.80. The quantitative estimate of drug-likeness (QED) is 0.374. The van der Waals surface area contributed by atoms with Crippen LogP contribution < -0.4 is 0 Å². The van der Waals surface area contributed by atoms with Crippen molar-refractivity contribution < 1.29 is 0 Å². The number of unbranched alkanes of at least 4 members (excludes halogenated alkanes) is 6. The third-order valence-corrected chi connectivity index (χ3v) is 3.13. The lowest BCUT2D eigenvalue weighted by molar-refractivity contribution is 0.593. The van der Waals surface area contributed by atoms with Gasteiger partial charge < -0.3 is 0 Å². The lowest BCUT2D eigenvalue weighted by Gasteiger charge is -2.02. The van der Waals surface area contributed by atoms with Gasteiger partial charge in [-0.25, -0.2) is 0 Å². The highest BCUT2D eigenvalue weighted by Gasteiger charge is 2.03. The van der Waals surface area contributed by atoms with E-state index in [1.54, 1.807) is 5.57 Å². The molecule has 0 aromatic rings. The van der Waals surface area contributed by atoms with Crippen LogP contribution in [0.4, 0.5) is 0 Å². The summed E-state index contributed by atoms with van der Waals surface area (Å²) in [6.45, 7) is 3.86. The summed E-state index contributed by atoms with van der Waals surface area (Å²) >= 11 is 0. The highest BCUT2D eigenvalue weighted by atomic mass is 14.1. The lowest BCUT2D eigenvalue weighted by Crippen LogP contribution is -1.82. The predicted octanol–water partition coefficient (Wildman–Crippen LogP) is 5.05. The molecule has 0 saturated carbocycles. The van der Waals surface area contributed by atoms with Gasteiger partial charge >= 0.3 is 0 Å². The molecule has 1 aliphatic rings. The van der Waals surface area contributed by atoms with Crippen LogP contribution in [0.2, 0.25) is 0 Å². The SMILES string of the molecule is [CH2]CCCCCCCCC1=CCCC1. The van der Waals surface area contributed by atoms with Gasteiger partial charge in [0.05, 0.1) is 0 Å². The maximum absolute atomic E-state index is 3.86. The fourth-order valence-electron chi connectivity index (χ4n) is 2.20. The van der Waals surface area contributed by atoms with Crippen LogP contribution in [0.1, 0.15) is 70.6 Å². The monoisotopic (exact) mass is 193 g/mol. The van der Waals surface area contributed by atoms with E-state index < -0.39 is 0 Å². The maximum Gasteiger partial charge on any atom is -0.0317 e. The first-order chi connectivity index (χ1) is 6.93. The first-order valence-corrected chi connectivity index (χ1v) is 6.40. The molecule has 0 heterocycles. The molecule has 81 valence electrons. The van der Waals surface area contributed by atoms with Crippen LogP contribution in [-0.4, -0.2) is 0 Å². The van der Waals surface area contributed by atoms with E-state index in [4.69, 9.17) is 0 Å². The second kappa shape index (κ2) is 8.08. The minimum Gasteiger partial charge on any atom is -0.0853 e. The van der Waals surface area contributed by atoms with Gasteiger partial charge in [-0.1, -0.05) is 57.1 Å². The van der Waals surface area contributed by atoms with Crippen LogP contribution in [0.3, 0.4) is 0 Å². The highest BCUT2D eigenvalue weighted by Crippen LogP contribution is 2.23. The smallest absolute Gasteiger partial charge is 0.0317 e. The van der Waals surface area contributed by atoms with Gasteiger partial charge in [-0.3, -0.25) is 0 Å². The van der Waals surface area contributed by atoms with Crippen LogP contribution in [0, 0.1) is 6.92 Å². The molecule has 0 nitrogen and oxygen atoms in total. The Morgan fingerprint density at radius 2 is 1.71 bits per heavy atom. The normalized spacial score (nSPS) is 15.9. The van der Waals surface area contributed by atoms with Crippen molar-refractivity contribution >= 4 is 0 Å². The van der Waals surface area contributed by atoms with E-state index in [1.165, 1.54) is 64.2 Å². The Morgan fingerprint density at radius 1 is 1.00 bits per heavy atom. The molecule has 0 heteroatoms. The Labute approximate surface area is 89.8 Å². The third kappa shape index (κ3) is 5.47. The number of allylic oxidation sites excluding steroid dienone is 2. The van der Waals surface area contributed by atoms with E-state index in [9.17, 15) is 0 Å². The van der Waals surface area contributed by atoms with Crippen molar-refractivity contribution in [1.29, 1.82) is 0 Å². The number of rotatable bonds is 8. The number of hydrogen-bond acceptors (Lipinski definition) is 0. The molecule has 0 aliphatic heterocycles. The van der Waals surface area contributed by atoms with Gasteiger partial charge in [-0.2, -0.15) is 0 Å². The number of hydrogen-bond donors (Lipinski definition) is 0. The second-order valence-electron chi connectivity index (χ2n) is 4.48. The van der Waals surface area contributed by atoms with Gasteiger partial charge in [-0.15, -0.1) is 0 Å². The van der Waals surface area contributed by atoms with E-state index in [2.05, 4.69) is 13.0 Å². The van der Waals surface area contributed by atoms with E-state index in [1.807, 2.05) is 0 Å². The zero-order chi connectivity index (χ0) is 10.1. The van der Waals surface area contributed by atoms with Gasteiger partial charge in [0, 0.05) is 0 Å². The van der Waals surface area contributed by atoms with Crippen LogP contribution >= 0.6 is 0 Å². The summed E-state index contributed by atoms with van der Waals surface area (Å²) in [7, 11) is 0. The van der Waals surface area contributed by atoms with E-state index in [0.717, 1.165) is 6.42 Å². The Morgan fingerprint density at radius 3 is 2.36 bits per heavy atom. The molecule has 14 heavy (non-hydrogen) atoms. The van der Waals surface area contributed by atoms with Crippen molar-refractivity contribution in [2.75, 3.05) is 0 Å². The average Bonchev–Trinajstić information content (AvgIpc) is 2.69. The van der Waals surface area contributed by atoms with Gasteiger partial charge in [0.25, 0.3) is 0 Å². The zero-order valence-electron chi connectivity index (χ0n) is 9.56. The molecule has 0 aromatic carbocycles. The molecule has 1 rings (SSSR count). The molecule has 0 spiro atoms. The Bertz CT molecular complexity index is 155. The summed E-state index contributed by atoms with van der Waals surface area (Å²) in [5.41, 5.74) is 1.74. The summed E-state index contributed by atoms with van der Waals surface area (Å²) in [5.74, 6) is 0. The zero-order valence-corrected chi connectivity index (χ0v) is 9.56. The molecule has 1 radical (unpaired) electrons. The minimum atomic E-state index is 1.12. The molecule has 0 amide bonds. The van der Waals surface area contributed by atoms with Gasteiger partial charge in [0.1, 0.15) is 0 Å². The van der Waals surface area contributed by atoms with Crippen LogP contribution in [0.5, 0.6) is 0 Å². The van der Waals surface area contributed by atoms with Gasteiger partial charge in [-0.05, 0) is 32.1 Å². The van der Waals surface area contributed by atoms with Crippen molar-refractivity contribution in [3.05, 3.63) is 18.6 Å². The van der Waals surface area contributed by atoms with Gasteiger partial charge in [0.15, 0.2) is 0 Å². The molecule has 0 atom stereocenters. The Hall–Kier alpha value is -0.260. The summed E-state index contributed by atoms with van der Waals surface area (Å²) in [6.07, 6.45) is 17.6. The van der Waals surface area contributed by atoms with Crippen molar-refractivity contribution in [1.82, 2.24) is 0 Å². The third-order valence-electron chi connectivity index (χ3n) is 3.13. The maximum atomic E-state index is 3.86. The summed E-state index contributed by atoms with van der Waals surface area (Å²) < 4.78 is 0.